The van der Waals surface area contributed by atoms with Gasteiger partial charge in [0.15, 0.2) is 0 Å². The van der Waals surface area contributed by atoms with Gasteiger partial charge in [-0.25, -0.2) is 0 Å². The lowest BCUT2D eigenvalue weighted by molar-refractivity contribution is -0.308. The number of Topliss-reactive ketones (excluding diaryl/α,β-unsaturated/α-hetero) is 1. The van der Waals surface area contributed by atoms with E-state index >= 15 is 0 Å². The van der Waals surface area contributed by atoms with Crippen LogP contribution in [0.4, 0.5) is 0 Å². The molecular weight excluding hydrogens is 502 g/mol. The third kappa shape index (κ3) is 21.1. The van der Waals surface area contributed by atoms with E-state index in [9.17, 15) is 39.3 Å². The van der Waals surface area contributed by atoms with Gasteiger partial charge in [-0.1, -0.05) is 21.6 Å². The molecule has 0 aliphatic rings. The predicted molar refractivity (Wildman–Crippen MR) is 127 cm³/mol. The van der Waals surface area contributed by atoms with Gasteiger partial charge in [0.25, 0.3) is 0 Å². The quantitative estimate of drug-likeness (QED) is 0.0929. The van der Waals surface area contributed by atoms with Crippen LogP contribution >= 0.6 is 21.6 Å². The van der Waals surface area contributed by atoms with E-state index in [1.807, 2.05) is 7.05 Å². The van der Waals surface area contributed by atoms with Gasteiger partial charge in [0.1, 0.15) is 5.78 Å². The number of ketones is 1. The Morgan fingerprint density at radius 3 is 1.54 bits per heavy atom. The SMILES string of the molecule is CNCCSSCCNC(=O)CN(CCN(CCN(CC(C)=O)CC(=O)[O-])CC(=O)[O-])CC(=O)[O-]. The van der Waals surface area contributed by atoms with Crippen LogP contribution in [0.5, 0.6) is 0 Å². The number of nitrogens with one attached hydrogen (secondary N) is 2. The van der Waals surface area contributed by atoms with Gasteiger partial charge in [-0.15, -0.1) is 0 Å². The first kappa shape index (κ1) is 33.1. The maximum absolute atomic E-state index is 12.2. The minimum absolute atomic E-state index is 0.0382. The number of amides is 1. The van der Waals surface area contributed by atoms with Crippen LogP contribution in [0.15, 0.2) is 0 Å². The molecule has 0 aromatic carbocycles. The Labute approximate surface area is 213 Å². The van der Waals surface area contributed by atoms with Gasteiger partial charge >= 0.3 is 0 Å². The molecule has 2 N–H and O–H groups in total. The van der Waals surface area contributed by atoms with E-state index < -0.39 is 37.5 Å². The largest absolute Gasteiger partial charge is 0.549 e. The van der Waals surface area contributed by atoms with Gasteiger partial charge < -0.3 is 40.3 Å². The normalized spacial score (nSPS) is 11.2. The van der Waals surface area contributed by atoms with E-state index in [0.29, 0.717) is 12.3 Å². The van der Waals surface area contributed by atoms with E-state index in [1.165, 1.54) is 21.6 Å². The molecule has 0 radical (unpaired) electrons. The molecule has 0 bridgehead atoms. The monoisotopic (exact) mass is 536 g/mol. The Balaban J connectivity index is 4.76. The van der Waals surface area contributed by atoms with Crippen molar-refractivity contribution in [1.82, 2.24) is 25.3 Å². The number of hydrogen-bond donors (Lipinski definition) is 2. The zero-order valence-corrected chi connectivity index (χ0v) is 21.7. The molecule has 0 rings (SSSR count). The van der Waals surface area contributed by atoms with E-state index in [2.05, 4.69) is 10.6 Å². The zero-order chi connectivity index (χ0) is 26.6. The molecule has 0 aromatic heterocycles. The molecule has 0 unspecified atom stereocenters. The molecule has 0 saturated carbocycles. The van der Waals surface area contributed by atoms with Crippen LogP contribution in [0.25, 0.3) is 0 Å². The maximum atomic E-state index is 12.2. The lowest BCUT2D eigenvalue weighted by Crippen LogP contribution is -2.49. The molecule has 0 saturated heterocycles. The summed E-state index contributed by atoms with van der Waals surface area (Å²) >= 11 is 0. The summed E-state index contributed by atoms with van der Waals surface area (Å²) in [6.07, 6.45) is 0. The molecule has 13 nitrogen and oxygen atoms in total. The van der Waals surface area contributed by atoms with Crippen molar-refractivity contribution in [3.05, 3.63) is 0 Å². The molecule has 0 fully saturated rings. The molecule has 1 amide bonds. The van der Waals surface area contributed by atoms with Gasteiger partial charge in [0.05, 0.1) is 31.0 Å². The second-order valence-electron chi connectivity index (χ2n) is 7.61. The summed E-state index contributed by atoms with van der Waals surface area (Å²) in [5.41, 5.74) is 0. The molecule has 0 aliphatic carbocycles. The minimum Gasteiger partial charge on any atom is -0.549 e. The van der Waals surface area contributed by atoms with Gasteiger partial charge in [-0.3, -0.25) is 24.3 Å². The van der Waals surface area contributed by atoms with Crippen molar-refractivity contribution >= 4 is 51.2 Å². The Kier molecular flexibility index (Phi) is 19.2. The van der Waals surface area contributed by atoms with Crippen LogP contribution < -0.4 is 26.0 Å². The van der Waals surface area contributed by atoms with Crippen molar-refractivity contribution in [3.63, 3.8) is 0 Å². The summed E-state index contributed by atoms with van der Waals surface area (Å²) in [7, 11) is 5.14. The number of carbonyl (C=O) groups is 5. The van der Waals surface area contributed by atoms with Crippen LogP contribution in [0.1, 0.15) is 6.92 Å². The Morgan fingerprint density at radius 2 is 1.09 bits per heavy atom. The fraction of sp³-hybridized carbons (Fsp3) is 0.750. The fourth-order valence-corrected chi connectivity index (χ4v) is 4.79. The topological polar surface area (TPSA) is 188 Å². The fourth-order valence-electron chi connectivity index (χ4n) is 2.88. The highest BCUT2D eigenvalue weighted by molar-refractivity contribution is 8.76. The van der Waals surface area contributed by atoms with Crippen LogP contribution in [0, 0.1) is 0 Å². The highest BCUT2D eigenvalue weighted by Gasteiger charge is 2.15. The molecule has 15 heteroatoms. The molecule has 0 heterocycles. The third-order valence-electron chi connectivity index (χ3n) is 4.36. The van der Waals surface area contributed by atoms with E-state index in [0.717, 1.165) is 12.3 Å². The number of carbonyl (C=O) groups excluding carboxylic acids is 5. The molecule has 0 spiro atoms. The first-order chi connectivity index (χ1) is 16.5. The Hall–Kier alpha value is -1.91. The number of hydrogen-bond acceptors (Lipinski definition) is 14. The van der Waals surface area contributed by atoms with E-state index in [-0.39, 0.29) is 51.0 Å². The first-order valence-electron chi connectivity index (χ1n) is 10.9. The van der Waals surface area contributed by atoms with Crippen LogP contribution in [0.3, 0.4) is 0 Å². The highest BCUT2D eigenvalue weighted by atomic mass is 33.1. The first-order valence-corrected chi connectivity index (χ1v) is 13.4. The van der Waals surface area contributed by atoms with Gasteiger partial charge in [0, 0.05) is 70.4 Å². The summed E-state index contributed by atoms with van der Waals surface area (Å²) in [6.45, 7) is 0.945. The number of carboxylic acid groups (broad SMARTS) is 3. The lowest BCUT2D eigenvalue weighted by atomic mass is 10.3. The van der Waals surface area contributed by atoms with Crippen LogP contribution in [0.2, 0.25) is 0 Å². The van der Waals surface area contributed by atoms with E-state index in [4.69, 9.17) is 0 Å². The average molecular weight is 537 g/mol. The highest BCUT2D eigenvalue weighted by Crippen LogP contribution is 2.19. The molecule has 0 aromatic rings. The number of nitrogens with zero attached hydrogens (tertiary/aromatic N) is 3. The minimum atomic E-state index is -1.39. The van der Waals surface area contributed by atoms with Crippen LogP contribution in [-0.2, 0) is 24.0 Å². The second-order valence-corrected chi connectivity index (χ2v) is 10.3. The summed E-state index contributed by atoms with van der Waals surface area (Å²) in [5.74, 6) is -3.17. The van der Waals surface area contributed by atoms with Crippen molar-refractivity contribution in [3.8, 4) is 0 Å². The molecule has 0 aliphatic heterocycles. The summed E-state index contributed by atoms with van der Waals surface area (Å²) in [4.78, 5) is 60.7. The Morgan fingerprint density at radius 1 is 0.657 bits per heavy atom. The van der Waals surface area contributed by atoms with Crippen molar-refractivity contribution in [2.24, 2.45) is 0 Å². The smallest absolute Gasteiger partial charge is 0.234 e. The number of carboxylic acids is 3. The molecule has 0 atom stereocenters. The molecular formula is C20H34N5O8S2-3. The summed E-state index contributed by atoms with van der Waals surface area (Å²) in [5, 5.41) is 38.9. The van der Waals surface area contributed by atoms with Crippen molar-refractivity contribution in [2.45, 2.75) is 6.92 Å². The van der Waals surface area contributed by atoms with Crippen molar-refractivity contribution in [2.75, 3.05) is 90.5 Å². The van der Waals surface area contributed by atoms with Crippen LogP contribution in [-0.4, -0.2) is 135 Å². The van der Waals surface area contributed by atoms with Gasteiger partial charge in [-0.05, 0) is 14.0 Å². The summed E-state index contributed by atoms with van der Waals surface area (Å²) < 4.78 is 0. The van der Waals surface area contributed by atoms with Gasteiger partial charge in [-0.2, -0.15) is 0 Å². The van der Waals surface area contributed by atoms with Crippen molar-refractivity contribution < 1.29 is 39.3 Å². The number of aliphatic carboxylic acids is 3. The van der Waals surface area contributed by atoms with Gasteiger partial charge in [0.2, 0.25) is 5.91 Å². The van der Waals surface area contributed by atoms with Crippen molar-refractivity contribution in [1.29, 1.82) is 0 Å². The predicted octanol–water partition coefficient (Wildman–Crippen LogP) is -5.55. The average Bonchev–Trinajstić information content (AvgIpc) is 2.73. The Bertz CT molecular complexity index is 670. The standard InChI is InChI=1S/C20H37N5O8S2/c1-16(26)11-24(14-19(30)31)7-5-23(13-18(28)29)6-8-25(15-20(32)33)12-17(27)22-4-10-35-34-9-3-21-2/h21H,3-15H2,1-2H3,(H,22,27)(H,28,29)(H,30,31)(H,32,33)/p-3. The zero-order valence-electron chi connectivity index (χ0n) is 20.1. The molecule has 35 heavy (non-hydrogen) atoms. The maximum Gasteiger partial charge on any atom is 0.234 e. The summed E-state index contributed by atoms with van der Waals surface area (Å²) in [6, 6.07) is 0. The second kappa shape index (κ2) is 20.3. The van der Waals surface area contributed by atoms with E-state index in [1.54, 1.807) is 21.6 Å². The molecule has 202 valence electrons. The number of rotatable bonds is 23. The third-order valence-corrected chi connectivity index (χ3v) is 6.77. The lowest BCUT2D eigenvalue weighted by Gasteiger charge is -2.30.